The summed E-state index contributed by atoms with van der Waals surface area (Å²) < 4.78 is 5.03. The van der Waals surface area contributed by atoms with Crippen LogP contribution in [0.15, 0.2) is 0 Å². The van der Waals surface area contributed by atoms with Gasteiger partial charge < -0.3 is 0 Å². The molecule has 0 saturated carbocycles. The zero-order chi connectivity index (χ0) is 3.54. The molecule has 0 aromatic heterocycles. The van der Waals surface area contributed by atoms with Crippen molar-refractivity contribution in [2.45, 2.75) is 10.6 Å². The molecule has 5 heavy (non-hydrogen) atoms. The summed E-state index contributed by atoms with van der Waals surface area (Å²) in [5.74, 6) is 0. The minimum absolute atomic E-state index is 0.197. The topological polar surface area (TPSA) is 12.0 Å². The number of hydrogen-bond donors (Lipinski definition) is 1. The van der Waals surface area contributed by atoms with E-state index in [0.29, 0.717) is 0 Å². The Kier molecular flexibility index (Phi) is 1.67. The molecule has 1 fully saturated rings. The third-order valence-corrected chi connectivity index (χ3v) is 5.41. The van der Waals surface area contributed by atoms with Crippen LogP contribution in [0.1, 0.15) is 6.42 Å². The van der Waals surface area contributed by atoms with E-state index in [9.17, 15) is 0 Å². The van der Waals surface area contributed by atoms with Crippen molar-refractivity contribution in [3.05, 3.63) is 0 Å². The first-order valence-electron chi connectivity index (χ1n) is 2.21. The van der Waals surface area contributed by atoms with E-state index >= 15 is 0 Å². The molecule has 1 aliphatic rings. The molecule has 0 atom stereocenters. The van der Waals surface area contributed by atoms with Gasteiger partial charge in [-0.25, -0.2) is 0 Å². The predicted molar refractivity (Wildman–Crippen MR) is 24.6 cm³/mol. The van der Waals surface area contributed by atoms with Gasteiger partial charge in [-0.2, -0.15) is 0 Å². The zero-order valence-electron chi connectivity index (χ0n) is 3.33. The summed E-state index contributed by atoms with van der Waals surface area (Å²) in [7, 11) is 0. The Morgan fingerprint density at radius 1 is 1.60 bits per heavy atom. The van der Waals surface area contributed by atoms with Crippen LogP contribution in [0.25, 0.3) is 0 Å². The molecule has 0 aromatic rings. The Morgan fingerprint density at radius 3 is 2.80 bits per heavy atom. The number of hydrogen-bond acceptors (Lipinski definition) is 1. The summed E-state index contributed by atoms with van der Waals surface area (Å²) in [5.41, 5.74) is 0. The van der Waals surface area contributed by atoms with Crippen LogP contribution in [0.5, 0.6) is 0 Å². The summed E-state index contributed by atoms with van der Waals surface area (Å²) >= 11 is -0.197. The monoisotopic (exact) mass is 173 g/mol. The number of nitrogens with one attached hydrogen (secondary N) is 1. The molecule has 1 heterocycles. The van der Waals surface area contributed by atoms with Gasteiger partial charge in [-0.3, -0.25) is 0 Å². The van der Waals surface area contributed by atoms with Crippen molar-refractivity contribution < 1.29 is 0 Å². The van der Waals surface area contributed by atoms with Gasteiger partial charge in [0.05, 0.1) is 0 Å². The van der Waals surface area contributed by atoms with Crippen molar-refractivity contribution in [3.8, 4) is 0 Å². The van der Waals surface area contributed by atoms with E-state index in [4.69, 9.17) is 0 Å². The van der Waals surface area contributed by atoms with Crippen LogP contribution in [0, 0.1) is 0 Å². The molecule has 1 N–H and O–H groups in total. The molecular formula is C3H8InN. The molecule has 0 unspecified atom stereocenters. The summed E-state index contributed by atoms with van der Waals surface area (Å²) in [6, 6.07) is 0. The predicted octanol–water partition coefficient (Wildman–Crippen LogP) is -0.250. The van der Waals surface area contributed by atoms with Crippen molar-refractivity contribution in [1.29, 1.82) is 0 Å². The fourth-order valence-electron chi connectivity index (χ4n) is 0.625. The van der Waals surface area contributed by atoms with Crippen LogP contribution in [0.3, 0.4) is 0 Å². The van der Waals surface area contributed by atoms with Gasteiger partial charge in [-0.05, 0) is 0 Å². The molecule has 1 aliphatic heterocycles. The van der Waals surface area contributed by atoms with Crippen molar-refractivity contribution in [1.82, 2.24) is 3.30 Å². The molecule has 0 aromatic carbocycles. The standard InChI is InChI=1S/C3H7N.In.H/c1-2-3-4;;/h4H,1-3H2;;/q-1;+1;. The fourth-order valence-corrected chi connectivity index (χ4v) is 4.19. The number of rotatable bonds is 0. The summed E-state index contributed by atoms with van der Waals surface area (Å²) in [6.45, 7) is 1.34. The van der Waals surface area contributed by atoms with Crippen LogP contribution in [-0.2, 0) is 0 Å². The van der Waals surface area contributed by atoms with E-state index in [-0.39, 0.29) is 23.2 Å². The van der Waals surface area contributed by atoms with Crippen molar-refractivity contribution in [2.75, 3.05) is 6.54 Å². The van der Waals surface area contributed by atoms with E-state index in [1.54, 1.807) is 4.18 Å². The third kappa shape index (κ3) is 1.14. The molecule has 2 heteroatoms. The van der Waals surface area contributed by atoms with Gasteiger partial charge in [-0.15, -0.1) is 0 Å². The van der Waals surface area contributed by atoms with Gasteiger partial charge in [0.1, 0.15) is 0 Å². The second-order valence-electron chi connectivity index (χ2n) is 1.46. The van der Waals surface area contributed by atoms with Crippen LogP contribution < -0.4 is 3.30 Å². The Morgan fingerprint density at radius 2 is 2.60 bits per heavy atom. The Bertz CT molecular complexity index is 18.5. The van der Waals surface area contributed by atoms with Crippen molar-refractivity contribution in [3.63, 3.8) is 0 Å². The normalized spacial score (nSPS) is 22.4. The quantitative estimate of drug-likeness (QED) is 0.532. The Balaban J connectivity index is 2.08. The van der Waals surface area contributed by atoms with Gasteiger partial charge in [0.2, 0.25) is 0 Å². The molecule has 28 valence electrons. The minimum atomic E-state index is -0.197. The van der Waals surface area contributed by atoms with Crippen molar-refractivity contribution in [2.24, 2.45) is 0 Å². The van der Waals surface area contributed by atoms with E-state index in [1.165, 1.54) is 13.0 Å². The summed E-state index contributed by atoms with van der Waals surface area (Å²) in [4.78, 5) is 0. The maximum absolute atomic E-state index is 3.43. The van der Waals surface area contributed by atoms with E-state index < -0.39 is 0 Å². The van der Waals surface area contributed by atoms with Gasteiger partial charge >= 0.3 is 43.6 Å². The molecule has 0 bridgehead atoms. The molecule has 1 rings (SSSR count). The molecule has 1 saturated heterocycles. The maximum atomic E-state index is 3.43. The first-order chi connectivity index (χ1) is 2.50. The van der Waals surface area contributed by atoms with Crippen LogP contribution >= 0.6 is 0 Å². The zero-order valence-corrected chi connectivity index (χ0v) is 7.36. The van der Waals surface area contributed by atoms with Crippen molar-refractivity contribution >= 4 is 23.2 Å². The Labute approximate surface area is 43.9 Å². The van der Waals surface area contributed by atoms with Crippen LogP contribution in [-0.4, -0.2) is 29.7 Å². The molecular weight excluding hydrogens is 165 g/mol. The van der Waals surface area contributed by atoms with Gasteiger partial charge in [0.15, 0.2) is 0 Å². The molecule has 1 nitrogen and oxygen atoms in total. The SMILES string of the molecule is C1C[NH][InH][CH2]1. The average molecular weight is 173 g/mol. The summed E-state index contributed by atoms with van der Waals surface area (Å²) in [6.07, 6.45) is 1.48. The second kappa shape index (κ2) is 2.08. The van der Waals surface area contributed by atoms with Gasteiger partial charge in [0, 0.05) is 0 Å². The van der Waals surface area contributed by atoms with Crippen LogP contribution in [0.4, 0.5) is 0 Å². The molecule has 0 radical (unpaired) electrons. The van der Waals surface area contributed by atoms with E-state index in [0.717, 1.165) is 0 Å². The average Bonchev–Trinajstić information content (AvgIpc) is 1.76. The first-order valence-corrected chi connectivity index (χ1v) is 7.08. The molecule has 0 amide bonds. The third-order valence-electron chi connectivity index (χ3n) is 0.957. The van der Waals surface area contributed by atoms with Crippen LogP contribution in [0.2, 0.25) is 4.18 Å². The second-order valence-corrected chi connectivity index (χ2v) is 6.33. The first kappa shape index (κ1) is 4.00. The van der Waals surface area contributed by atoms with E-state index in [1.807, 2.05) is 0 Å². The van der Waals surface area contributed by atoms with Gasteiger partial charge in [0.25, 0.3) is 0 Å². The summed E-state index contributed by atoms with van der Waals surface area (Å²) in [5, 5.41) is 0. The van der Waals surface area contributed by atoms with E-state index in [2.05, 4.69) is 3.30 Å². The fraction of sp³-hybridized carbons (Fsp3) is 1.00. The Hall–Kier alpha value is 0.830. The van der Waals surface area contributed by atoms with Gasteiger partial charge in [-0.1, -0.05) is 0 Å². The molecule has 0 spiro atoms. The molecule has 0 aliphatic carbocycles.